The van der Waals surface area contributed by atoms with Crippen molar-refractivity contribution < 1.29 is 23.1 Å². The molecule has 4 aromatic rings. The average Bonchev–Trinajstić information content (AvgIpc) is 3.44. The van der Waals surface area contributed by atoms with E-state index in [0.717, 1.165) is 34.8 Å². The van der Waals surface area contributed by atoms with Gasteiger partial charge in [-0.2, -0.15) is 13.2 Å². The van der Waals surface area contributed by atoms with Crippen molar-refractivity contribution in [2.75, 3.05) is 11.9 Å². The first-order valence-electron chi connectivity index (χ1n) is 10.6. The number of imidazole rings is 1. The van der Waals surface area contributed by atoms with Crippen LogP contribution in [0.2, 0.25) is 0 Å². The molecule has 0 spiro atoms. The molecular formula is C23H22F3N5O2S. The Balaban J connectivity index is 0.000000344. The molecular weight excluding hydrogens is 467 g/mol. The third-order valence-electron chi connectivity index (χ3n) is 5.31. The van der Waals surface area contributed by atoms with Crippen LogP contribution in [0.4, 0.5) is 19.0 Å². The van der Waals surface area contributed by atoms with Crippen LogP contribution in [0.1, 0.15) is 30.3 Å². The predicted molar refractivity (Wildman–Crippen MR) is 124 cm³/mol. The molecule has 2 N–H and O–H groups in total. The quantitative estimate of drug-likeness (QED) is 0.384. The van der Waals surface area contributed by atoms with Crippen molar-refractivity contribution in [3.05, 3.63) is 59.8 Å². The van der Waals surface area contributed by atoms with Crippen molar-refractivity contribution in [1.29, 1.82) is 0 Å². The number of fused-ring (bicyclic) bond motifs is 1. The highest BCUT2D eigenvalue weighted by Gasteiger charge is 2.38. The summed E-state index contributed by atoms with van der Waals surface area (Å²) >= 11 is 1.71. The summed E-state index contributed by atoms with van der Waals surface area (Å²) in [4.78, 5) is 24.0. The van der Waals surface area contributed by atoms with Crippen LogP contribution in [0.3, 0.4) is 0 Å². The number of benzene rings is 1. The number of carboxylic acids is 1. The van der Waals surface area contributed by atoms with Crippen molar-refractivity contribution >= 4 is 33.3 Å². The fourth-order valence-electron chi connectivity index (χ4n) is 3.37. The van der Waals surface area contributed by atoms with Crippen LogP contribution in [-0.4, -0.2) is 43.3 Å². The lowest BCUT2D eigenvalue weighted by molar-refractivity contribution is -0.192. The van der Waals surface area contributed by atoms with E-state index in [1.807, 2.05) is 25.6 Å². The van der Waals surface area contributed by atoms with Gasteiger partial charge in [0.1, 0.15) is 16.5 Å². The minimum atomic E-state index is -5.08. The highest BCUT2D eigenvalue weighted by Crippen LogP contribution is 2.42. The third kappa shape index (κ3) is 5.53. The van der Waals surface area contributed by atoms with E-state index in [4.69, 9.17) is 19.9 Å². The molecule has 0 atom stereocenters. The van der Waals surface area contributed by atoms with E-state index < -0.39 is 12.1 Å². The van der Waals surface area contributed by atoms with Crippen molar-refractivity contribution in [2.45, 2.75) is 31.4 Å². The number of aryl methyl sites for hydroxylation is 1. The van der Waals surface area contributed by atoms with Crippen molar-refractivity contribution in [2.24, 2.45) is 7.05 Å². The van der Waals surface area contributed by atoms with Gasteiger partial charge in [0.15, 0.2) is 0 Å². The second kappa shape index (κ2) is 9.80. The molecule has 0 aliphatic heterocycles. The lowest BCUT2D eigenvalue weighted by Gasteiger charge is -2.11. The maximum Gasteiger partial charge on any atom is 0.490 e. The minimum absolute atomic E-state index is 0.536. The highest BCUT2D eigenvalue weighted by molar-refractivity contribution is 7.17. The number of halogens is 3. The number of carbonyl (C=O) groups is 1. The maximum absolute atomic E-state index is 10.6. The van der Waals surface area contributed by atoms with Crippen molar-refractivity contribution in [3.8, 4) is 11.1 Å². The van der Waals surface area contributed by atoms with E-state index in [2.05, 4.69) is 44.5 Å². The van der Waals surface area contributed by atoms with E-state index in [9.17, 15) is 13.2 Å². The summed E-state index contributed by atoms with van der Waals surface area (Å²) in [6.07, 6.45) is 2.00. The van der Waals surface area contributed by atoms with Gasteiger partial charge in [-0.15, -0.1) is 11.3 Å². The molecule has 1 aromatic carbocycles. The number of rotatable bonds is 6. The monoisotopic (exact) mass is 489 g/mol. The van der Waals surface area contributed by atoms with Gasteiger partial charge in [-0.3, -0.25) is 0 Å². The summed E-state index contributed by atoms with van der Waals surface area (Å²) in [6, 6.07) is 10.5. The molecule has 178 valence electrons. The first-order valence-corrected chi connectivity index (χ1v) is 11.5. The summed E-state index contributed by atoms with van der Waals surface area (Å²) in [5.41, 5.74) is 3.63. The summed E-state index contributed by atoms with van der Waals surface area (Å²) in [5.74, 6) is -0.266. The van der Waals surface area contributed by atoms with Crippen LogP contribution in [-0.2, 0) is 18.3 Å². The number of hydrogen-bond acceptors (Lipinski definition) is 6. The molecule has 11 heteroatoms. The SMILES string of the molecule is Cn1cncc1CCNc1nc(C2CC2)nc2scc(-c3ccccc3)c12.O=C(O)C(F)(F)F. The Bertz CT molecular complexity index is 1280. The summed E-state index contributed by atoms with van der Waals surface area (Å²) < 4.78 is 33.8. The Hall–Kier alpha value is -3.47. The Morgan fingerprint density at radius 2 is 1.94 bits per heavy atom. The topological polar surface area (TPSA) is 92.9 Å². The number of hydrogen-bond donors (Lipinski definition) is 2. The minimum Gasteiger partial charge on any atom is -0.475 e. The van der Waals surface area contributed by atoms with E-state index in [-0.39, 0.29) is 0 Å². The van der Waals surface area contributed by atoms with Gasteiger partial charge in [-0.05, 0) is 18.4 Å². The molecule has 3 aromatic heterocycles. The Morgan fingerprint density at radius 1 is 1.24 bits per heavy atom. The number of aliphatic carboxylic acids is 1. The molecule has 34 heavy (non-hydrogen) atoms. The van der Waals surface area contributed by atoms with Crippen LogP contribution in [0.5, 0.6) is 0 Å². The zero-order valence-electron chi connectivity index (χ0n) is 18.2. The lowest BCUT2D eigenvalue weighted by atomic mass is 10.1. The number of anilines is 1. The number of nitrogens with one attached hydrogen (secondary N) is 1. The molecule has 0 bridgehead atoms. The Labute approximate surface area is 197 Å². The van der Waals surface area contributed by atoms with Crippen LogP contribution >= 0.6 is 11.3 Å². The van der Waals surface area contributed by atoms with Gasteiger partial charge in [0.25, 0.3) is 0 Å². The molecule has 0 saturated heterocycles. The van der Waals surface area contributed by atoms with E-state index >= 15 is 0 Å². The second-order valence-corrected chi connectivity index (χ2v) is 8.73. The molecule has 1 aliphatic carbocycles. The van der Waals surface area contributed by atoms with Gasteiger partial charge in [0.2, 0.25) is 0 Å². The maximum atomic E-state index is 10.6. The molecule has 5 rings (SSSR count). The molecule has 1 aliphatic rings. The van der Waals surface area contributed by atoms with Gasteiger partial charge in [-0.25, -0.2) is 19.7 Å². The standard InChI is InChI=1S/C21H21N5S.C2HF3O2/c1-26-13-22-11-16(26)9-10-23-20-18-17(14-5-3-2-4-6-14)12-27-21(18)25-19(24-20)15-7-8-15;3-2(4,5)1(6)7/h2-6,11-13,15H,7-10H2,1H3,(H,23,24,25);(H,6,7). The Kier molecular flexibility index (Phi) is 6.82. The molecule has 3 heterocycles. The first-order chi connectivity index (χ1) is 16.2. The number of carboxylic acid groups (broad SMARTS) is 1. The number of aromatic nitrogens is 4. The summed E-state index contributed by atoms with van der Waals surface area (Å²) in [7, 11) is 2.03. The van der Waals surface area contributed by atoms with Crippen LogP contribution in [0.15, 0.2) is 48.2 Å². The average molecular weight is 490 g/mol. The zero-order chi connectivity index (χ0) is 24.3. The Morgan fingerprint density at radius 3 is 2.53 bits per heavy atom. The van der Waals surface area contributed by atoms with Gasteiger partial charge in [-0.1, -0.05) is 30.3 Å². The smallest absolute Gasteiger partial charge is 0.475 e. The van der Waals surface area contributed by atoms with Crippen LogP contribution in [0, 0.1) is 0 Å². The lowest BCUT2D eigenvalue weighted by Crippen LogP contribution is -2.21. The second-order valence-electron chi connectivity index (χ2n) is 7.88. The molecule has 1 fully saturated rings. The van der Waals surface area contributed by atoms with Gasteiger partial charge >= 0.3 is 12.1 Å². The number of alkyl halides is 3. The van der Waals surface area contributed by atoms with Gasteiger partial charge < -0.3 is 15.0 Å². The normalized spacial score (nSPS) is 13.4. The van der Waals surface area contributed by atoms with E-state index in [1.54, 1.807) is 11.3 Å². The van der Waals surface area contributed by atoms with Crippen molar-refractivity contribution in [1.82, 2.24) is 19.5 Å². The molecule has 1 saturated carbocycles. The number of nitrogens with zero attached hydrogens (tertiary/aromatic N) is 4. The predicted octanol–water partition coefficient (Wildman–Crippen LogP) is 5.26. The van der Waals surface area contributed by atoms with Gasteiger partial charge in [0.05, 0.1) is 11.7 Å². The molecule has 0 radical (unpaired) electrons. The van der Waals surface area contributed by atoms with Crippen LogP contribution in [0.25, 0.3) is 21.3 Å². The molecule has 0 amide bonds. The first kappa shape index (κ1) is 23.7. The van der Waals surface area contributed by atoms with E-state index in [0.29, 0.717) is 5.92 Å². The summed E-state index contributed by atoms with van der Waals surface area (Å²) in [6.45, 7) is 0.819. The zero-order valence-corrected chi connectivity index (χ0v) is 19.0. The fourth-order valence-corrected chi connectivity index (χ4v) is 4.33. The molecule has 0 unspecified atom stereocenters. The fraction of sp³-hybridized carbons (Fsp3) is 0.304. The van der Waals surface area contributed by atoms with Crippen LogP contribution < -0.4 is 5.32 Å². The van der Waals surface area contributed by atoms with E-state index in [1.165, 1.54) is 29.7 Å². The van der Waals surface area contributed by atoms with Crippen molar-refractivity contribution in [3.63, 3.8) is 0 Å². The van der Waals surface area contributed by atoms with Gasteiger partial charge in [0, 0.05) is 48.8 Å². The largest absolute Gasteiger partial charge is 0.490 e. The number of thiophene rings is 1. The molecule has 7 nitrogen and oxygen atoms in total. The summed E-state index contributed by atoms with van der Waals surface area (Å²) in [5, 5.41) is 14.1. The highest BCUT2D eigenvalue weighted by atomic mass is 32.1. The third-order valence-corrected chi connectivity index (χ3v) is 6.18.